The van der Waals surface area contributed by atoms with Crippen molar-refractivity contribution >= 4 is 23.3 Å². The Morgan fingerprint density at radius 3 is 2.83 bits per heavy atom. The zero-order valence-electron chi connectivity index (χ0n) is 15.7. The molecule has 2 amide bonds. The maximum Gasteiger partial charge on any atom is 0.419 e. The third-order valence-corrected chi connectivity index (χ3v) is 5.09. The molecule has 158 valence electrons. The summed E-state index contributed by atoms with van der Waals surface area (Å²) >= 11 is 0. The molecular formula is C19H19F3N6O2. The van der Waals surface area contributed by atoms with Crippen LogP contribution in [-0.2, 0) is 6.18 Å². The van der Waals surface area contributed by atoms with E-state index in [1.165, 1.54) is 6.20 Å². The lowest BCUT2D eigenvalue weighted by Crippen LogP contribution is -2.40. The fraction of sp³-hybridized carbons (Fsp3) is 0.316. The minimum Gasteiger partial charge on any atom is -0.394 e. The number of rotatable bonds is 3. The molecule has 1 fully saturated rings. The first-order chi connectivity index (χ1) is 14.3. The summed E-state index contributed by atoms with van der Waals surface area (Å²) in [4.78, 5) is 22.0. The highest BCUT2D eigenvalue weighted by Crippen LogP contribution is 2.35. The van der Waals surface area contributed by atoms with Crippen LogP contribution >= 0.6 is 0 Å². The van der Waals surface area contributed by atoms with Gasteiger partial charge in [-0.2, -0.15) is 13.2 Å². The van der Waals surface area contributed by atoms with Crippen LogP contribution in [-0.4, -0.2) is 49.6 Å². The molecule has 3 aromatic rings. The minimum absolute atomic E-state index is 0.0997. The van der Waals surface area contributed by atoms with E-state index in [-0.39, 0.29) is 24.2 Å². The Hall–Kier alpha value is -3.34. The molecule has 1 atom stereocenters. The number of amides is 2. The highest BCUT2D eigenvalue weighted by Gasteiger charge is 2.34. The number of likely N-dealkylation sites (tertiary alicyclic amines) is 1. The van der Waals surface area contributed by atoms with Crippen LogP contribution in [0.25, 0.3) is 16.8 Å². The maximum atomic E-state index is 13.1. The van der Waals surface area contributed by atoms with Crippen molar-refractivity contribution < 1.29 is 23.1 Å². The van der Waals surface area contributed by atoms with Crippen LogP contribution in [0.1, 0.15) is 18.4 Å². The standard InChI is InChI=1S/C19H19F3N6O2/c20-19(21,22)14-6-12(7-24-17(14)23)11-3-4-16-25-15(9-27(16)8-11)26-18(30)28-5-1-2-13(28)10-29/h3-4,6-9,13,29H,1-2,5,10H2,(H2,23,24)(H,26,30)/t13-/m0/s1. The lowest BCUT2D eigenvalue weighted by atomic mass is 10.1. The summed E-state index contributed by atoms with van der Waals surface area (Å²) in [6, 6.07) is 3.62. The summed E-state index contributed by atoms with van der Waals surface area (Å²) < 4.78 is 40.9. The van der Waals surface area contributed by atoms with Crippen molar-refractivity contribution in [3.8, 4) is 11.1 Å². The number of carbonyl (C=O) groups is 1. The molecule has 0 spiro atoms. The van der Waals surface area contributed by atoms with Gasteiger partial charge in [0.2, 0.25) is 0 Å². The quantitative estimate of drug-likeness (QED) is 0.604. The first-order valence-electron chi connectivity index (χ1n) is 9.26. The van der Waals surface area contributed by atoms with E-state index in [1.807, 2.05) is 0 Å². The SMILES string of the molecule is Nc1ncc(-c2ccc3nc(NC(=O)N4CCC[C@H]4CO)cn3c2)cc1C(F)(F)F. The summed E-state index contributed by atoms with van der Waals surface area (Å²) in [7, 11) is 0. The second-order valence-corrected chi connectivity index (χ2v) is 7.07. The van der Waals surface area contributed by atoms with Crippen molar-refractivity contribution in [2.45, 2.75) is 25.1 Å². The van der Waals surface area contributed by atoms with Gasteiger partial charge >= 0.3 is 12.2 Å². The average molecular weight is 420 g/mol. The Kier molecular flexibility index (Phi) is 4.98. The van der Waals surface area contributed by atoms with Crippen molar-refractivity contribution in [3.63, 3.8) is 0 Å². The Balaban J connectivity index is 1.60. The van der Waals surface area contributed by atoms with E-state index in [2.05, 4.69) is 15.3 Å². The summed E-state index contributed by atoms with van der Waals surface area (Å²) in [6.45, 7) is 0.456. The van der Waals surface area contributed by atoms with Gasteiger partial charge in [-0.3, -0.25) is 5.32 Å². The van der Waals surface area contributed by atoms with Crippen molar-refractivity contribution in [1.29, 1.82) is 0 Å². The maximum absolute atomic E-state index is 13.1. The van der Waals surface area contributed by atoms with Gasteiger partial charge < -0.3 is 20.1 Å². The van der Waals surface area contributed by atoms with E-state index in [1.54, 1.807) is 33.8 Å². The van der Waals surface area contributed by atoms with Crippen LogP contribution in [0.3, 0.4) is 0 Å². The monoisotopic (exact) mass is 420 g/mol. The molecule has 1 saturated heterocycles. The largest absolute Gasteiger partial charge is 0.419 e. The number of hydrogen-bond acceptors (Lipinski definition) is 5. The van der Waals surface area contributed by atoms with E-state index in [4.69, 9.17) is 5.73 Å². The summed E-state index contributed by atoms with van der Waals surface area (Å²) in [5, 5.41) is 12.1. The minimum atomic E-state index is -4.61. The Morgan fingerprint density at radius 1 is 1.30 bits per heavy atom. The lowest BCUT2D eigenvalue weighted by Gasteiger charge is -2.22. The van der Waals surface area contributed by atoms with Crippen LogP contribution in [0.15, 0.2) is 36.8 Å². The Bertz CT molecular complexity index is 1100. The molecule has 3 aromatic heterocycles. The predicted molar refractivity (Wildman–Crippen MR) is 104 cm³/mol. The van der Waals surface area contributed by atoms with Gasteiger partial charge in [0.1, 0.15) is 11.5 Å². The van der Waals surface area contributed by atoms with Crippen molar-refractivity contribution in [2.24, 2.45) is 0 Å². The number of halogens is 3. The highest BCUT2D eigenvalue weighted by molar-refractivity contribution is 5.89. The molecule has 0 radical (unpaired) electrons. The van der Waals surface area contributed by atoms with Gasteiger partial charge in [0.25, 0.3) is 0 Å². The normalized spacial score (nSPS) is 16.9. The number of aromatic nitrogens is 3. The van der Waals surface area contributed by atoms with Gasteiger partial charge in [-0.1, -0.05) is 0 Å². The van der Waals surface area contributed by atoms with Gasteiger partial charge in [-0.15, -0.1) is 0 Å². The van der Waals surface area contributed by atoms with Crippen LogP contribution in [0, 0.1) is 0 Å². The van der Waals surface area contributed by atoms with Crippen LogP contribution in [0.4, 0.5) is 29.6 Å². The topological polar surface area (TPSA) is 109 Å². The molecule has 0 saturated carbocycles. The van der Waals surface area contributed by atoms with Gasteiger partial charge in [-0.05, 0) is 31.0 Å². The van der Waals surface area contributed by atoms with Crippen molar-refractivity contribution in [1.82, 2.24) is 19.3 Å². The van der Waals surface area contributed by atoms with E-state index in [0.717, 1.165) is 18.9 Å². The second-order valence-electron chi connectivity index (χ2n) is 7.07. The number of aliphatic hydroxyl groups is 1. The third kappa shape index (κ3) is 3.75. The fourth-order valence-corrected chi connectivity index (χ4v) is 3.56. The average Bonchev–Trinajstić information content (AvgIpc) is 3.32. The summed E-state index contributed by atoms with van der Waals surface area (Å²) in [6.07, 6.45) is 1.39. The molecule has 0 aromatic carbocycles. The highest BCUT2D eigenvalue weighted by atomic mass is 19.4. The fourth-order valence-electron chi connectivity index (χ4n) is 3.56. The number of imidazole rings is 1. The van der Waals surface area contributed by atoms with Gasteiger partial charge in [0, 0.05) is 30.1 Å². The van der Waals surface area contributed by atoms with Crippen LogP contribution in [0.5, 0.6) is 0 Å². The number of nitrogens with zero attached hydrogens (tertiary/aromatic N) is 4. The van der Waals surface area contributed by atoms with Gasteiger partial charge in [-0.25, -0.2) is 14.8 Å². The Labute approximate surface area is 169 Å². The lowest BCUT2D eigenvalue weighted by molar-refractivity contribution is -0.137. The molecule has 4 rings (SSSR count). The van der Waals surface area contributed by atoms with Gasteiger partial charge in [0.05, 0.1) is 24.4 Å². The third-order valence-electron chi connectivity index (χ3n) is 5.09. The van der Waals surface area contributed by atoms with Crippen molar-refractivity contribution in [3.05, 3.63) is 42.4 Å². The number of nitrogens with one attached hydrogen (secondary N) is 1. The zero-order chi connectivity index (χ0) is 21.5. The number of urea groups is 1. The number of hydrogen-bond donors (Lipinski definition) is 3. The molecule has 1 aliphatic heterocycles. The molecular weight excluding hydrogens is 401 g/mol. The molecule has 4 heterocycles. The number of aliphatic hydroxyl groups excluding tert-OH is 1. The first-order valence-corrected chi connectivity index (χ1v) is 9.26. The number of fused-ring (bicyclic) bond motifs is 1. The van der Waals surface area contributed by atoms with Gasteiger partial charge in [0.15, 0.2) is 5.82 Å². The molecule has 0 bridgehead atoms. The first kappa shape index (κ1) is 20.0. The summed E-state index contributed by atoms with van der Waals surface area (Å²) in [5.74, 6) is -0.282. The number of nitrogen functional groups attached to an aromatic ring is 1. The molecule has 0 unspecified atom stereocenters. The number of carbonyl (C=O) groups excluding carboxylic acids is 1. The predicted octanol–water partition coefficient (Wildman–Crippen LogP) is 2.99. The van der Waals surface area contributed by atoms with E-state index >= 15 is 0 Å². The Morgan fingerprint density at radius 2 is 2.10 bits per heavy atom. The zero-order valence-corrected chi connectivity index (χ0v) is 15.7. The molecule has 30 heavy (non-hydrogen) atoms. The molecule has 8 nitrogen and oxygen atoms in total. The number of anilines is 2. The van der Waals surface area contributed by atoms with Crippen LogP contribution in [0.2, 0.25) is 0 Å². The number of nitrogens with two attached hydrogens (primary N) is 1. The molecule has 4 N–H and O–H groups in total. The van der Waals surface area contributed by atoms with Crippen molar-refractivity contribution in [2.75, 3.05) is 24.2 Å². The smallest absolute Gasteiger partial charge is 0.394 e. The molecule has 1 aliphatic rings. The van der Waals surface area contributed by atoms with E-state index in [0.29, 0.717) is 23.6 Å². The van der Waals surface area contributed by atoms with E-state index in [9.17, 15) is 23.1 Å². The second kappa shape index (κ2) is 7.48. The molecule has 0 aliphatic carbocycles. The number of alkyl halides is 3. The van der Waals surface area contributed by atoms with E-state index < -0.39 is 17.6 Å². The summed E-state index contributed by atoms with van der Waals surface area (Å²) in [5.41, 5.74) is 5.60. The van der Waals surface area contributed by atoms with Crippen LogP contribution < -0.4 is 11.1 Å². The molecule has 11 heteroatoms. The number of pyridine rings is 2.